The van der Waals surface area contributed by atoms with Gasteiger partial charge in [-0.3, -0.25) is 4.90 Å². The minimum atomic E-state index is -0.121. The van der Waals surface area contributed by atoms with Gasteiger partial charge < -0.3 is 10.2 Å². The highest BCUT2D eigenvalue weighted by molar-refractivity contribution is 4.90. The summed E-state index contributed by atoms with van der Waals surface area (Å²) in [5.41, 5.74) is 0. The number of hydrogen-bond acceptors (Lipinski definition) is 3. The Morgan fingerprint density at radius 2 is 1.93 bits per heavy atom. The second-order valence-corrected chi connectivity index (χ2v) is 4.97. The van der Waals surface area contributed by atoms with Gasteiger partial charge >= 0.3 is 0 Å². The van der Waals surface area contributed by atoms with Gasteiger partial charge in [0.1, 0.15) is 0 Å². The maximum atomic E-state index is 9.92. The fraction of sp³-hybridized carbons (Fsp3) is 1.00. The van der Waals surface area contributed by atoms with Crippen LogP contribution in [0.3, 0.4) is 0 Å². The maximum Gasteiger partial charge on any atom is 0.0695 e. The Morgan fingerprint density at radius 3 is 2.60 bits per heavy atom. The van der Waals surface area contributed by atoms with Gasteiger partial charge in [-0.1, -0.05) is 6.42 Å². The van der Waals surface area contributed by atoms with Crippen LogP contribution in [0.4, 0.5) is 0 Å². The molecule has 1 saturated carbocycles. The molecule has 2 rings (SSSR count). The number of piperidine rings is 1. The van der Waals surface area contributed by atoms with Crippen molar-refractivity contribution in [3.8, 4) is 0 Å². The van der Waals surface area contributed by atoms with Crippen molar-refractivity contribution in [3.63, 3.8) is 0 Å². The van der Waals surface area contributed by atoms with E-state index in [1.165, 1.54) is 19.3 Å². The number of aliphatic hydroxyl groups excluding tert-OH is 2. The summed E-state index contributed by atoms with van der Waals surface area (Å²) in [6.07, 6.45) is 7.76. The molecule has 0 radical (unpaired) electrons. The van der Waals surface area contributed by atoms with E-state index >= 15 is 0 Å². The van der Waals surface area contributed by atoms with E-state index in [4.69, 9.17) is 5.11 Å². The molecule has 1 unspecified atom stereocenters. The smallest absolute Gasteiger partial charge is 0.0695 e. The average Bonchev–Trinajstić information content (AvgIpc) is 2.66. The van der Waals surface area contributed by atoms with Crippen molar-refractivity contribution in [2.75, 3.05) is 13.2 Å². The fourth-order valence-electron chi connectivity index (χ4n) is 3.23. The molecule has 1 saturated heterocycles. The van der Waals surface area contributed by atoms with E-state index in [0.717, 1.165) is 32.2 Å². The van der Waals surface area contributed by atoms with Gasteiger partial charge in [0, 0.05) is 18.7 Å². The first-order valence-electron chi connectivity index (χ1n) is 6.37. The molecule has 3 nitrogen and oxygen atoms in total. The molecule has 3 heteroatoms. The third-order valence-corrected chi connectivity index (χ3v) is 4.00. The largest absolute Gasteiger partial charge is 0.396 e. The first-order chi connectivity index (χ1) is 7.33. The van der Waals surface area contributed by atoms with E-state index in [9.17, 15) is 5.11 Å². The highest BCUT2D eigenvalue weighted by atomic mass is 16.3. The highest BCUT2D eigenvalue weighted by Gasteiger charge is 2.35. The minimum Gasteiger partial charge on any atom is -0.396 e. The Hall–Kier alpha value is -0.120. The van der Waals surface area contributed by atoms with Gasteiger partial charge in [-0.15, -0.1) is 0 Å². The third kappa shape index (κ3) is 2.52. The highest BCUT2D eigenvalue weighted by Crippen LogP contribution is 2.30. The molecule has 2 aliphatic rings. The van der Waals surface area contributed by atoms with Gasteiger partial charge in [0.15, 0.2) is 0 Å². The van der Waals surface area contributed by atoms with Crippen molar-refractivity contribution >= 4 is 0 Å². The first kappa shape index (κ1) is 11.4. The van der Waals surface area contributed by atoms with E-state index in [-0.39, 0.29) is 12.7 Å². The molecule has 0 aromatic heterocycles. The van der Waals surface area contributed by atoms with Gasteiger partial charge in [-0.2, -0.15) is 0 Å². The van der Waals surface area contributed by atoms with Crippen molar-refractivity contribution in [2.24, 2.45) is 0 Å². The predicted octanol–water partition coefficient (Wildman–Crippen LogP) is 1.14. The summed E-state index contributed by atoms with van der Waals surface area (Å²) in [6, 6.07) is 0.892. The maximum absolute atomic E-state index is 9.92. The van der Waals surface area contributed by atoms with Gasteiger partial charge in [-0.25, -0.2) is 0 Å². The van der Waals surface area contributed by atoms with Crippen molar-refractivity contribution in [1.82, 2.24) is 4.90 Å². The van der Waals surface area contributed by atoms with Crippen molar-refractivity contribution in [3.05, 3.63) is 0 Å². The lowest BCUT2D eigenvalue weighted by atomic mass is 9.96. The lowest BCUT2D eigenvalue weighted by molar-refractivity contribution is 0.0168. The molecule has 0 spiro atoms. The van der Waals surface area contributed by atoms with Crippen molar-refractivity contribution in [2.45, 2.75) is 63.1 Å². The molecule has 1 aliphatic carbocycles. The summed E-state index contributed by atoms with van der Waals surface area (Å²) < 4.78 is 0. The Bertz CT molecular complexity index is 196. The third-order valence-electron chi connectivity index (χ3n) is 4.00. The summed E-state index contributed by atoms with van der Waals surface area (Å²) >= 11 is 0. The van der Waals surface area contributed by atoms with Crippen LogP contribution in [-0.4, -0.2) is 46.5 Å². The minimum absolute atomic E-state index is 0.121. The molecule has 88 valence electrons. The van der Waals surface area contributed by atoms with Crippen LogP contribution in [0.15, 0.2) is 0 Å². The average molecular weight is 213 g/mol. The summed E-state index contributed by atoms with van der Waals surface area (Å²) in [4.78, 5) is 2.47. The molecular weight excluding hydrogens is 190 g/mol. The normalized spacial score (nSPS) is 38.4. The number of hydrogen-bond donors (Lipinski definition) is 2. The molecule has 0 aromatic carbocycles. The first-order valence-corrected chi connectivity index (χ1v) is 6.37. The predicted molar refractivity (Wildman–Crippen MR) is 59.7 cm³/mol. The molecule has 0 amide bonds. The van der Waals surface area contributed by atoms with E-state index in [1.807, 2.05) is 0 Å². The van der Waals surface area contributed by atoms with Crippen molar-refractivity contribution in [1.29, 1.82) is 0 Å². The van der Waals surface area contributed by atoms with Crippen LogP contribution in [0, 0.1) is 0 Å². The van der Waals surface area contributed by atoms with Gasteiger partial charge in [0.05, 0.1) is 6.10 Å². The second-order valence-electron chi connectivity index (χ2n) is 4.97. The van der Waals surface area contributed by atoms with Crippen LogP contribution in [-0.2, 0) is 0 Å². The summed E-state index contributed by atoms with van der Waals surface area (Å²) in [5, 5.41) is 19.0. The number of rotatable bonds is 3. The summed E-state index contributed by atoms with van der Waals surface area (Å²) in [5.74, 6) is 0. The van der Waals surface area contributed by atoms with Crippen LogP contribution in [0.2, 0.25) is 0 Å². The van der Waals surface area contributed by atoms with Crippen LogP contribution < -0.4 is 0 Å². The zero-order chi connectivity index (χ0) is 10.7. The Morgan fingerprint density at radius 1 is 1.07 bits per heavy atom. The van der Waals surface area contributed by atoms with Crippen LogP contribution in [0.25, 0.3) is 0 Å². The fourth-order valence-corrected chi connectivity index (χ4v) is 3.23. The zero-order valence-electron chi connectivity index (χ0n) is 9.44. The van der Waals surface area contributed by atoms with E-state index in [1.54, 1.807) is 0 Å². The number of nitrogens with zero attached hydrogens (tertiary/aromatic N) is 1. The summed E-state index contributed by atoms with van der Waals surface area (Å²) in [7, 11) is 0. The van der Waals surface area contributed by atoms with Crippen LogP contribution in [0.5, 0.6) is 0 Å². The molecule has 1 heterocycles. The van der Waals surface area contributed by atoms with E-state index < -0.39 is 0 Å². The van der Waals surface area contributed by atoms with Gasteiger partial charge in [-0.05, 0) is 45.1 Å². The molecule has 3 atom stereocenters. The Labute approximate surface area is 92.1 Å². The van der Waals surface area contributed by atoms with Gasteiger partial charge in [0.2, 0.25) is 0 Å². The van der Waals surface area contributed by atoms with Crippen molar-refractivity contribution < 1.29 is 10.2 Å². The van der Waals surface area contributed by atoms with E-state index in [0.29, 0.717) is 12.1 Å². The molecule has 2 fully saturated rings. The standard InChI is InChI=1S/C12H23NO2/c14-9-7-10-4-1-2-8-13(10)11-5-3-6-12(11)15/h10-12,14-15H,1-9H2/t10?,11-,12-/m1/s1. The lowest BCUT2D eigenvalue weighted by Gasteiger charge is -2.41. The van der Waals surface area contributed by atoms with Crippen LogP contribution in [0.1, 0.15) is 44.9 Å². The second kappa shape index (κ2) is 5.28. The molecule has 2 N–H and O–H groups in total. The number of likely N-dealkylation sites (tertiary alicyclic amines) is 1. The lowest BCUT2D eigenvalue weighted by Crippen LogP contribution is -2.49. The Balaban J connectivity index is 1.97. The monoisotopic (exact) mass is 213 g/mol. The molecule has 0 aromatic rings. The molecular formula is C12H23NO2. The van der Waals surface area contributed by atoms with E-state index in [2.05, 4.69) is 4.90 Å². The molecule has 15 heavy (non-hydrogen) atoms. The van der Waals surface area contributed by atoms with Gasteiger partial charge in [0.25, 0.3) is 0 Å². The topological polar surface area (TPSA) is 43.7 Å². The Kier molecular flexibility index (Phi) is 4.00. The summed E-state index contributed by atoms with van der Waals surface area (Å²) in [6.45, 7) is 1.40. The SMILES string of the molecule is OCCC1CCCCN1[C@@H]1CCC[C@H]1O. The molecule has 0 bridgehead atoms. The quantitative estimate of drug-likeness (QED) is 0.739. The zero-order valence-corrected chi connectivity index (χ0v) is 9.44. The number of aliphatic hydroxyl groups is 2. The van der Waals surface area contributed by atoms with Crippen LogP contribution >= 0.6 is 0 Å². The molecule has 1 aliphatic heterocycles.